The summed E-state index contributed by atoms with van der Waals surface area (Å²) in [6.45, 7) is 3.70. The Balaban J connectivity index is 1.43. The van der Waals surface area contributed by atoms with Gasteiger partial charge in [-0.2, -0.15) is 15.0 Å². The fourth-order valence-electron chi connectivity index (χ4n) is 2.80. The number of aromatic nitrogens is 3. The van der Waals surface area contributed by atoms with Crippen LogP contribution in [0.1, 0.15) is 41.5 Å². The lowest BCUT2D eigenvalue weighted by atomic mass is 10.1. The number of ketones is 1. The lowest BCUT2D eigenvalue weighted by molar-refractivity contribution is -0.145. The summed E-state index contributed by atoms with van der Waals surface area (Å²) in [5, 5.41) is 3.09. The zero-order valence-corrected chi connectivity index (χ0v) is 18.0. The molecule has 2 aromatic carbocycles. The van der Waals surface area contributed by atoms with E-state index in [1.807, 2.05) is 31.2 Å². The predicted molar refractivity (Wildman–Crippen MR) is 120 cm³/mol. The SMILES string of the molecule is CC(=O)c1ccc(OCCCC(=O)OCc2nc(N)nc(Nc3ccccc3C)n2)cc1. The van der Waals surface area contributed by atoms with Gasteiger partial charge in [-0.3, -0.25) is 9.59 Å². The van der Waals surface area contributed by atoms with E-state index < -0.39 is 5.97 Å². The van der Waals surface area contributed by atoms with E-state index >= 15 is 0 Å². The molecule has 0 amide bonds. The average molecular weight is 435 g/mol. The molecule has 0 aliphatic carbocycles. The number of rotatable bonds is 10. The maximum atomic E-state index is 12.0. The van der Waals surface area contributed by atoms with Gasteiger partial charge in [-0.25, -0.2) is 0 Å². The van der Waals surface area contributed by atoms with E-state index in [2.05, 4.69) is 20.3 Å². The van der Waals surface area contributed by atoms with E-state index in [0.717, 1.165) is 11.3 Å². The first-order valence-corrected chi connectivity index (χ1v) is 10.1. The van der Waals surface area contributed by atoms with Gasteiger partial charge in [0.1, 0.15) is 5.75 Å². The van der Waals surface area contributed by atoms with Gasteiger partial charge in [-0.15, -0.1) is 0 Å². The molecule has 3 rings (SSSR count). The van der Waals surface area contributed by atoms with Gasteiger partial charge in [0.05, 0.1) is 6.61 Å². The topological polar surface area (TPSA) is 129 Å². The highest BCUT2D eigenvalue weighted by Crippen LogP contribution is 2.18. The zero-order chi connectivity index (χ0) is 22.9. The Kier molecular flexibility index (Phi) is 7.69. The molecule has 0 saturated heterocycles. The van der Waals surface area contributed by atoms with E-state index in [0.29, 0.717) is 24.3 Å². The third-order valence-electron chi connectivity index (χ3n) is 4.51. The maximum absolute atomic E-state index is 12.0. The van der Waals surface area contributed by atoms with E-state index in [1.165, 1.54) is 6.92 Å². The number of carbonyl (C=O) groups excluding carboxylic acids is 2. The first-order valence-electron chi connectivity index (χ1n) is 10.1. The number of nitrogens with zero attached hydrogens (tertiary/aromatic N) is 3. The van der Waals surface area contributed by atoms with Crippen molar-refractivity contribution in [2.75, 3.05) is 17.7 Å². The third kappa shape index (κ3) is 6.76. The molecule has 166 valence electrons. The summed E-state index contributed by atoms with van der Waals surface area (Å²) in [7, 11) is 0. The number of benzene rings is 2. The van der Waals surface area contributed by atoms with Crippen LogP contribution in [0.4, 0.5) is 17.6 Å². The van der Waals surface area contributed by atoms with Crippen LogP contribution in [0, 0.1) is 6.92 Å². The van der Waals surface area contributed by atoms with Crippen molar-refractivity contribution in [1.82, 2.24) is 15.0 Å². The summed E-state index contributed by atoms with van der Waals surface area (Å²) in [5.41, 5.74) is 8.25. The molecule has 0 bridgehead atoms. The molecule has 9 heteroatoms. The van der Waals surface area contributed by atoms with Crippen LogP contribution >= 0.6 is 0 Å². The van der Waals surface area contributed by atoms with E-state index in [4.69, 9.17) is 15.2 Å². The molecule has 3 N–H and O–H groups in total. The molecular weight excluding hydrogens is 410 g/mol. The summed E-state index contributed by atoms with van der Waals surface area (Å²) in [6.07, 6.45) is 0.660. The highest BCUT2D eigenvalue weighted by molar-refractivity contribution is 5.94. The van der Waals surface area contributed by atoms with Crippen molar-refractivity contribution in [3.63, 3.8) is 0 Å². The Labute approximate surface area is 186 Å². The zero-order valence-electron chi connectivity index (χ0n) is 18.0. The summed E-state index contributed by atoms with van der Waals surface area (Å²) >= 11 is 0. The van der Waals surface area contributed by atoms with Gasteiger partial charge >= 0.3 is 5.97 Å². The lowest BCUT2D eigenvalue weighted by Gasteiger charge is -2.10. The number of ether oxygens (including phenoxy) is 2. The molecule has 3 aromatic rings. The number of nitrogens with two attached hydrogens (primary N) is 1. The minimum absolute atomic E-state index is 0.00249. The van der Waals surface area contributed by atoms with E-state index in [1.54, 1.807) is 24.3 Å². The maximum Gasteiger partial charge on any atom is 0.306 e. The molecular formula is C23H25N5O4. The van der Waals surface area contributed by atoms with Crippen molar-refractivity contribution in [1.29, 1.82) is 0 Å². The van der Waals surface area contributed by atoms with Crippen LogP contribution in [0.3, 0.4) is 0 Å². The molecule has 0 radical (unpaired) electrons. The minimum atomic E-state index is -0.395. The van der Waals surface area contributed by atoms with Crippen LogP contribution in [0.5, 0.6) is 5.75 Å². The number of hydrogen-bond donors (Lipinski definition) is 2. The lowest BCUT2D eigenvalue weighted by Crippen LogP contribution is -2.12. The number of Topliss-reactive ketones (excluding diaryl/α,β-unsaturated/α-hetero) is 1. The van der Waals surface area contributed by atoms with Gasteiger partial charge in [0.2, 0.25) is 11.9 Å². The molecule has 0 fully saturated rings. The summed E-state index contributed by atoms with van der Waals surface area (Å²) in [4.78, 5) is 35.6. The van der Waals surface area contributed by atoms with Crippen LogP contribution in [-0.4, -0.2) is 33.3 Å². The van der Waals surface area contributed by atoms with Crippen molar-refractivity contribution >= 4 is 29.3 Å². The first-order chi connectivity index (χ1) is 15.4. The van der Waals surface area contributed by atoms with Gasteiger partial charge in [0, 0.05) is 17.7 Å². The molecule has 32 heavy (non-hydrogen) atoms. The smallest absolute Gasteiger partial charge is 0.306 e. The number of esters is 1. The molecule has 1 heterocycles. The fourth-order valence-corrected chi connectivity index (χ4v) is 2.80. The third-order valence-corrected chi connectivity index (χ3v) is 4.51. The molecule has 1 aromatic heterocycles. The Morgan fingerprint density at radius 3 is 2.50 bits per heavy atom. The van der Waals surface area contributed by atoms with Crippen molar-refractivity contribution in [3.8, 4) is 5.75 Å². The number of nitrogens with one attached hydrogen (secondary N) is 1. The summed E-state index contributed by atoms with van der Waals surface area (Å²) in [6, 6.07) is 14.5. The number of aryl methyl sites for hydroxylation is 1. The van der Waals surface area contributed by atoms with Gasteiger partial charge in [0.25, 0.3) is 0 Å². The number of hydrogen-bond acceptors (Lipinski definition) is 9. The number of carbonyl (C=O) groups is 2. The van der Waals surface area contributed by atoms with Gasteiger partial charge < -0.3 is 20.5 Å². The molecule has 0 aliphatic heterocycles. The van der Waals surface area contributed by atoms with Crippen LogP contribution in [-0.2, 0) is 16.1 Å². The normalized spacial score (nSPS) is 10.4. The predicted octanol–water partition coefficient (Wildman–Crippen LogP) is 3.61. The summed E-state index contributed by atoms with van der Waals surface area (Å²) < 4.78 is 10.8. The van der Waals surface area contributed by atoms with Gasteiger partial charge in [-0.1, -0.05) is 18.2 Å². The number of para-hydroxylation sites is 1. The van der Waals surface area contributed by atoms with Crippen LogP contribution < -0.4 is 15.8 Å². The Bertz CT molecular complexity index is 1090. The van der Waals surface area contributed by atoms with Gasteiger partial charge in [-0.05, 0) is 56.2 Å². The second-order valence-electron chi connectivity index (χ2n) is 7.07. The average Bonchev–Trinajstić information content (AvgIpc) is 2.77. The molecule has 0 saturated carbocycles. The first kappa shape index (κ1) is 22.7. The van der Waals surface area contributed by atoms with Crippen LogP contribution in [0.2, 0.25) is 0 Å². The Morgan fingerprint density at radius 1 is 1.03 bits per heavy atom. The highest BCUT2D eigenvalue weighted by atomic mass is 16.5. The second-order valence-corrected chi connectivity index (χ2v) is 7.07. The summed E-state index contributed by atoms with van der Waals surface area (Å²) in [5.74, 6) is 0.806. The van der Waals surface area contributed by atoms with Crippen molar-refractivity contribution < 1.29 is 19.1 Å². The number of anilines is 3. The Hall–Kier alpha value is -4.01. The van der Waals surface area contributed by atoms with Crippen molar-refractivity contribution in [2.45, 2.75) is 33.3 Å². The quantitative estimate of drug-likeness (QED) is 0.279. The molecule has 0 atom stereocenters. The van der Waals surface area contributed by atoms with E-state index in [-0.39, 0.29) is 36.5 Å². The molecule has 9 nitrogen and oxygen atoms in total. The van der Waals surface area contributed by atoms with Crippen LogP contribution in [0.15, 0.2) is 48.5 Å². The number of nitrogen functional groups attached to an aromatic ring is 1. The molecule has 0 aliphatic rings. The monoisotopic (exact) mass is 435 g/mol. The van der Waals surface area contributed by atoms with Crippen molar-refractivity contribution in [2.24, 2.45) is 0 Å². The van der Waals surface area contributed by atoms with Crippen molar-refractivity contribution in [3.05, 3.63) is 65.5 Å². The largest absolute Gasteiger partial charge is 0.494 e. The van der Waals surface area contributed by atoms with Crippen LogP contribution in [0.25, 0.3) is 0 Å². The fraction of sp³-hybridized carbons (Fsp3) is 0.261. The Morgan fingerprint density at radius 2 is 1.78 bits per heavy atom. The molecule has 0 unspecified atom stereocenters. The van der Waals surface area contributed by atoms with E-state index in [9.17, 15) is 9.59 Å². The highest BCUT2D eigenvalue weighted by Gasteiger charge is 2.10. The standard InChI is InChI=1S/C23H25N5O4/c1-15-6-3-4-7-19(15)25-23-27-20(26-22(24)28-23)14-32-21(30)8-5-13-31-18-11-9-17(10-12-18)16(2)29/h3-4,6-7,9-12H,5,8,13-14H2,1-2H3,(H3,24,25,26,27,28). The molecule has 0 spiro atoms. The second kappa shape index (κ2) is 10.9. The van der Waals surface area contributed by atoms with Gasteiger partial charge in [0.15, 0.2) is 18.2 Å². The minimum Gasteiger partial charge on any atom is -0.494 e.